The zero-order valence-corrected chi connectivity index (χ0v) is 21.7. The number of Topliss-reactive ketones (excluding diaryl/α,β-unsaturated/α-hetero) is 1. The molecule has 0 amide bonds. The number of carbonyl (C=O) groups excluding carboxylic acids is 2. The minimum atomic E-state index is -0.748. The molecule has 2 aliphatic rings. The largest absolute Gasteiger partial charge is 0.503 e. The second-order valence-electron chi connectivity index (χ2n) is 8.75. The monoisotopic (exact) mass is 531 g/mol. The molecule has 0 saturated carbocycles. The van der Waals surface area contributed by atoms with E-state index in [4.69, 9.17) is 37.4 Å². The molecule has 1 aliphatic carbocycles. The van der Waals surface area contributed by atoms with Gasteiger partial charge < -0.3 is 24.6 Å². The molecule has 0 unspecified atom stereocenters. The number of aromatic hydroxyl groups is 1. The minimum absolute atomic E-state index is 0.0392. The highest BCUT2D eigenvalue weighted by atomic mass is 35.5. The molecule has 2 aromatic rings. The van der Waals surface area contributed by atoms with Crippen molar-refractivity contribution in [3.8, 4) is 11.5 Å². The average molecular weight is 532 g/mol. The van der Waals surface area contributed by atoms with Crippen molar-refractivity contribution in [1.82, 2.24) is 5.32 Å². The van der Waals surface area contributed by atoms with Crippen LogP contribution in [0.5, 0.6) is 11.5 Å². The number of rotatable bonds is 7. The summed E-state index contributed by atoms with van der Waals surface area (Å²) in [6.45, 7) is 2.08. The first-order valence-electron chi connectivity index (χ1n) is 11.5. The normalized spacial score (nSPS) is 19.6. The lowest BCUT2D eigenvalue weighted by Crippen LogP contribution is -2.36. The molecule has 0 radical (unpaired) electrons. The number of halogens is 2. The van der Waals surface area contributed by atoms with E-state index < -0.39 is 11.9 Å². The summed E-state index contributed by atoms with van der Waals surface area (Å²) < 4.78 is 15.7. The van der Waals surface area contributed by atoms with Crippen molar-refractivity contribution in [2.24, 2.45) is 0 Å². The van der Waals surface area contributed by atoms with Gasteiger partial charge in [0.2, 0.25) is 0 Å². The van der Waals surface area contributed by atoms with Crippen LogP contribution in [0, 0.1) is 0 Å². The van der Waals surface area contributed by atoms with Crippen LogP contribution in [0.4, 0.5) is 0 Å². The predicted molar refractivity (Wildman–Crippen MR) is 137 cm³/mol. The highest BCUT2D eigenvalue weighted by Gasteiger charge is 2.42. The zero-order chi connectivity index (χ0) is 26.0. The molecule has 7 nitrogen and oxygen atoms in total. The van der Waals surface area contributed by atoms with Gasteiger partial charge in [0, 0.05) is 41.4 Å². The van der Waals surface area contributed by atoms with Gasteiger partial charge in [-0.3, -0.25) is 4.79 Å². The van der Waals surface area contributed by atoms with Crippen LogP contribution >= 0.6 is 23.2 Å². The number of phenols is 1. The summed E-state index contributed by atoms with van der Waals surface area (Å²) in [6.07, 6.45) is 0.845. The molecule has 4 rings (SSSR count). The highest BCUT2D eigenvalue weighted by Crippen LogP contribution is 2.48. The average Bonchev–Trinajstić information content (AvgIpc) is 2.85. The summed E-state index contributed by atoms with van der Waals surface area (Å²) >= 11 is 12.4. The number of hydrogen-bond acceptors (Lipinski definition) is 7. The van der Waals surface area contributed by atoms with Gasteiger partial charge in [-0.05, 0) is 54.7 Å². The van der Waals surface area contributed by atoms with E-state index in [-0.39, 0.29) is 47.9 Å². The van der Waals surface area contributed by atoms with E-state index in [1.54, 1.807) is 19.1 Å². The highest BCUT2D eigenvalue weighted by molar-refractivity contribution is 6.32. The lowest BCUT2D eigenvalue weighted by molar-refractivity contribution is -0.140. The molecule has 2 atom stereocenters. The van der Waals surface area contributed by atoms with Crippen molar-refractivity contribution in [2.45, 2.75) is 31.6 Å². The summed E-state index contributed by atoms with van der Waals surface area (Å²) in [4.78, 5) is 26.9. The van der Waals surface area contributed by atoms with Crippen LogP contribution in [0.2, 0.25) is 10.0 Å². The molecule has 9 heteroatoms. The van der Waals surface area contributed by atoms with Gasteiger partial charge >= 0.3 is 5.97 Å². The Bertz CT molecular complexity index is 1250. The number of ether oxygens (including phenoxy) is 3. The first-order valence-corrected chi connectivity index (χ1v) is 12.2. The van der Waals surface area contributed by atoms with E-state index in [1.165, 1.54) is 14.2 Å². The molecule has 1 aliphatic heterocycles. The summed E-state index contributed by atoms with van der Waals surface area (Å²) in [6, 6.07) is 10.6. The topological polar surface area (TPSA) is 94.1 Å². The maximum atomic E-state index is 13.7. The van der Waals surface area contributed by atoms with Gasteiger partial charge in [0.25, 0.3) is 0 Å². The first kappa shape index (κ1) is 26.1. The number of dihydropyridines is 1. The predicted octanol–water partition coefficient (Wildman–Crippen LogP) is 5.26. The fourth-order valence-electron chi connectivity index (χ4n) is 4.83. The van der Waals surface area contributed by atoms with Crippen LogP contribution in [-0.4, -0.2) is 44.3 Å². The maximum absolute atomic E-state index is 13.7. The Morgan fingerprint density at radius 3 is 2.47 bits per heavy atom. The van der Waals surface area contributed by atoms with Crippen molar-refractivity contribution in [2.75, 3.05) is 27.4 Å². The number of benzene rings is 2. The van der Waals surface area contributed by atoms with E-state index >= 15 is 0 Å². The number of allylic oxidation sites excluding steroid dienone is 3. The standard InChI is InChI=1S/C27H27Cl2NO6/c1-14-23(27(33)36-9-8-34-2)24(17-10-19(29)26(32)22(13-17)35-3)25-20(30-14)11-16(12-21(25)31)15-4-6-18(28)7-5-15/h4-7,10,13,16,24,30,32H,8-9,11-12H2,1-3H3/t16-,24+/m0/s1. The fraction of sp³-hybridized carbons (Fsp3) is 0.333. The molecular formula is C27H27Cl2NO6. The molecule has 0 spiro atoms. The molecule has 2 N–H and O–H groups in total. The van der Waals surface area contributed by atoms with Gasteiger partial charge in [0.1, 0.15) is 6.61 Å². The van der Waals surface area contributed by atoms with Crippen LogP contribution in [0.15, 0.2) is 58.9 Å². The van der Waals surface area contributed by atoms with E-state index in [9.17, 15) is 14.7 Å². The number of methoxy groups -OCH3 is 2. The van der Waals surface area contributed by atoms with Gasteiger partial charge in [0.15, 0.2) is 17.3 Å². The number of carbonyl (C=O) groups is 2. The Morgan fingerprint density at radius 2 is 1.81 bits per heavy atom. The minimum Gasteiger partial charge on any atom is -0.503 e. The Morgan fingerprint density at radius 1 is 1.08 bits per heavy atom. The summed E-state index contributed by atoms with van der Waals surface area (Å²) in [7, 11) is 2.93. The number of ketones is 1. The molecule has 1 heterocycles. The van der Waals surface area contributed by atoms with Crippen LogP contribution in [0.3, 0.4) is 0 Å². The van der Waals surface area contributed by atoms with E-state index in [2.05, 4.69) is 5.32 Å². The second-order valence-corrected chi connectivity index (χ2v) is 9.59. The second kappa shape index (κ2) is 10.9. The van der Waals surface area contributed by atoms with Gasteiger partial charge in [-0.25, -0.2) is 4.79 Å². The smallest absolute Gasteiger partial charge is 0.336 e. The van der Waals surface area contributed by atoms with Crippen molar-refractivity contribution >= 4 is 35.0 Å². The number of hydrogen-bond donors (Lipinski definition) is 2. The van der Waals surface area contributed by atoms with Crippen LogP contribution in [0.25, 0.3) is 0 Å². The summed E-state index contributed by atoms with van der Waals surface area (Å²) in [5, 5.41) is 14.3. The Balaban J connectivity index is 1.81. The van der Waals surface area contributed by atoms with Gasteiger partial charge in [0.05, 0.1) is 24.3 Å². The Kier molecular flexibility index (Phi) is 7.93. The van der Waals surface area contributed by atoms with E-state index in [0.717, 1.165) is 11.3 Å². The quantitative estimate of drug-likeness (QED) is 0.371. The number of phenolic OH excluding ortho intramolecular Hbond substituents is 1. The third-order valence-electron chi connectivity index (χ3n) is 6.51. The summed E-state index contributed by atoms with van der Waals surface area (Å²) in [5.74, 6) is -1.51. The molecule has 0 saturated heterocycles. The van der Waals surface area contributed by atoms with Gasteiger partial charge in [-0.1, -0.05) is 35.3 Å². The molecule has 0 fully saturated rings. The Labute approximate surface area is 219 Å². The van der Waals surface area contributed by atoms with E-state index in [0.29, 0.717) is 33.9 Å². The number of esters is 1. The third kappa shape index (κ3) is 5.09. The van der Waals surface area contributed by atoms with Crippen LogP contribution in [-0.2, 0) is 19.1 Å². The van der Waals surface area contributed by atoms with Crippen molar-refractivity contribution in [3.63, 3.8) is 0 Å². The van der Waals surface area contributed by atoms with E-state index in [1.807, 2.05) is 24.3 Å². The molecular weight excluding hydrogens is 505 g/mol. The van der Waals surface area contributed by atoms with Crippen molar-refractivity contribution < 1.29 is 28.9 Å². The molecule has 36 heavy (non-hydrogen) atoms. The lowest BCUT2D eigenvalue weighted by Gasteiger charge is -2.37. The lowest BCUT2D eigenvalue weighted by atomic mass is 9.71. The van der Waals surface area contributed by atoms with Crippen LogP contribution < -0.4 is 10.1 Å². The van der Waals surface area contributed by atoms with Crippen molar-refractivity contribution in [3.05, 3.63) is 80.1 Å². The van der Waals surface area contributed by atoms with Gasteiger partial charge in [-0.15, -0.1) is 0 Å². The molecule has 2 aromatic carbocycles. The Hall–Kier alpha value is -3.00. The first-order chi connectivity index (χ1) is 17.2. The maximum Gasteiger partial charge on any atom is 0.336 e. The molecule has 0 bridgehead atoms. The van der Waals surface area contributed by atoms with Gasteiger partial charge in [-0.2, -0.15) is 0 Å². The number of nitrogens with one attached hydrogen (secondary N) is 1. The fourth-order valence-corrected chi connectivity index (χ4v) is 5.17. The SMILES string of the molecule is COCCOC(=O)C1=C(C)NC2=C(C(=O)C[C@@H](c3ccc(Cl)cc3)C2)[C@@H]1c1cc(Cl)c(O)c(OC)c1. The molecule has 0 aromatic heterocycles. The zero-order valence-electron chi connectivity index (χ0n) is 20.2. The molecule has 190 valence electrons. The summed E-state index contributed by atoms with van der Waals surface area (Å²) in [5.41, 5.74) is 3.65. The van der Waals surface area contributed by atoms with Crippen molar-refractivity contribution in [1.29, 1.82) is 0 Å². The third-order valence-corrected chi connectivity index (χ3v) is 7.05. The van der Waals surface area contributed by atoms with Crippen LogP contribution in [0.1, 0.15) is 42.7 Å².